The first-order valence-corrected chi connectivity index (χ1v) is 11.5. The molecule has 28 heavy (non-hydrogen) atoms. The highest BCUT2D eigenvalue weighted by Crippen LogP contribution is 2.34. The highest BCUT2D eigenvalue weighted by atomic mass is 32.1. The summed E-state index contributed by atoms with van der Waals surface area (Å²) in [6, 6.07) is 8.68. The second-order valence-electron chi connectivity index (χ2n) is 8.01. The Bertz CT molecular complexity index is 747. The molecule has 1 fully saturated rings. The summed E-state index contributed by atoms with van der Waals surface area (Å²) in [6.45, 7) is 9.25. The molecule has 152 valence electrons. The number of rotatable bonds is 8. The second kappa shape index (κ2) is 9.97. The fourth-order valence-corrected chi connectivity index (χ4v) is 4.62. The molecule has 2 N–H and O–H groups in total. The Balaban J connectivity index is 1.75. The highest BCUT2D eigenvalue weighted by molar-refractivity contribution is 7.08. The fraction of sp³-hybridized carbons (Fsp3) is 0.522. The van der Waals surface area contributed by atoms with Gasteiger partial charge in [-0.25, -0.2) is 0 Å². The molecular formula is C23H33N3OS. The number of carbonyl (C=O) groups is 1. The third-order valence-electron chi connectivity index (χ3n) is 5.27. The van der Waals surface area contributed by atoms with Crippen molar-refractivity contribution in [2.24, 2.45) is 5.92 Å². The van der Waals surface area contributed by atoms with Crippen LogP contribution in [0.25, 0.3) is 11.1 Å². The Kier molecular flexibility index (Phi) is 7.37. The smallest absolute Gasteiger partial charge is 0.242 e. The molecule has 4 nitrogen and oxygen atoms in total. The Hall–Kier alpha value is -2.01. The lowest BCUT2D eigenvalue weighted by Gasteiger charge is -2.29. The molecule has 1 aliphatic rings. The van der Waals surface area contributed by atoms with E-state index in [4.69, 9.17) is 0 Å². The molecule has 1 aromatic carbocycles. The average molecular weight is 400 g/mol. The van der Waals surface area contributed by atoms with Gasteiger partial charge in [0.2, 0.25) is 5.91 Å². The zero-order valence-electron chi connectivity index (χ0n) is 17.3. The number of nitrogens with zero attached hydrogens (tertiary/aromatic N) is 1. The van der Waals surface area contributed by atoms with Crippen LogP contribution in [0.5, 0.6) is 0 Å². The van der Waals surface area contributed by atoms with Crippen LogP contribution in [0.2, 0.25) is 0 Å². The minimum atomic E-state index is -0.207. The van der Waals surface area contributed by atoms with Gasteiger partial charge in [-0.3, -0.25) is 4.79 Å². The Morgan fingerprint density at radius 2 is 1.82 bits per heavy atom. The van der Waals surface area contributed by atoms with E-state index in [0.29, 0.717) is 12.5 Å². The number of anilines is 2. The van der Waals surface area contributed by atoms with E-state index >= 15 is 0 Å². The number of amides is 1. The van der Waals surface area contributed by atoms with Crippen LogP contribution in [-0.2, 0) is 4.79 Å². The summed E-state index contributed by atoms with van der Waals surface area (Å²) in [4.78, 5) is 15.0. The van der Waals surface area contributed by atoms with Crippen molar-refractivity contribution in [2.75, 3.05) is 29.9 Å². The van der Waals surface area contributed by atoms with Crippen LogP contribution in [0.1, 0.15) is 46.5 Å². The molecule has 5 heteroatoms. The van der Waals surface area contributed by atoms with Crippen LogP contribution in [0, 0.1) is 5.92 Å². The van der Waals surface area contributed by atoms with Gasteiger partial charge in [0.1, 0.15) is 6.04 Å². The normalized spacial score (nSPS) is 15.5. The van der Waals surface area contributed by atoms with E-state index in [2.05, 4.69) is 64.4 Å². The Morgan fingerprint density at radius 3 is 2.46 bits per heavy atom. The first kappa shape index (κ1) is 20.7. The molecule has 0 aliphatic carbocycles. The highest BCUT2D eigenvalue weighted by Gasteiger charge is 2.21. The maximum atomic E-state index is 12.5. The van der Waals surface area contributed by atoms with E-state index < -0.39 is 0 Å². The van der Waals surface area contributed by atoms with Gasteiger partial charge in [-0.1, -0.05) is 26.0 Å². The predicted octanol–water partition coefficient (Wildman–Crippen LogP) is 5.37. The van der Waals surface area contributed by atoms with Crippen molar-refractivity contribution in [3.63, 3.8) is 0 Å². The van der Waals surface area contributed by atoms with Crippen molar-refractivity contribution in [3.05, 3.63) is 35.0 Å². The number of piperidine rings is 1. The largest absolute Gasteiger partial charge is 0.372 e. The van der Waals surface area contributed by atoms with Crippen LogP contribution in [0.15, 0.2) is 35.0 Å². The number of nitrogens with one attached hydrogen (secondary N) is 2. The van der Waals surface area contributed by atoms with Crippen molar-refractivity contribution >= 4 is 28.6 Å². The van der Waals surface area contributed by atoms with Crippen molar-refractivity contribution in [3.8, 4) is 11.1 Å². The molecule has 0 saturated carbocycles. The zero-order valence-corrected chi connectivity index (χ0v) is 18.1. The van der Waals surface area contributed by atoms with Crippen molar-refractivity contribution in [1.82, 2.24) is 5.32 Å². The summed E-state index contributed by atoms with van der Waals surface area (Å²) in [5, 5.41) is 10.8. The van der Waals surface area contributed by atoms with Crippen LogP contribution >= 0.6 is 11.3 Å². The van der Waals surface area contributed by atoms with E-state index in [1.165, 1.54) is 36.1 Å². The molecular weight excluding hydrogens is 366 g/mol. The first-order valence-electron chi connectivity index (χ1n) is 10.5. The summed E-state index contributed by atoms with van der Waals surface area (Å²) in [5.74, 6) is 0.528. The van der Waals surface area contributed by atoms with Gasteiger partial charge in [0, 0.05) is 41.6 Å². The molecule has 2 aromatic rings. The van der Waals surface area contributed by atoms with Gasteiger partial charge >= 0.3 is 0 Å². The Morgan fingerprint density at radius 1 is 1.11 bits per heavy atom. The lowest BCUT2D eigenvalue weighted by Crippen LogP contribution is -2.40. The van der Waals surface area contributed by atoms with Gasteiger partial charge in [-0.15, -0.1) is 11.3 Å². The van der Waals surface area contributed by atoms with Gasteiger partial charge in [-0.2, -0.15) is 0 Å². The lowest BCUT2D eigenvalue weighted by atomic mass is 10.0. The van der Waals surface area contributed by atoms with Gasteiger partial charge in [0.05, 0.1) is 5.69 Å². The summed E-state index contributed by atoms with van der Waals surface area (Å²) in [6.07, 6.45) is 4.74. The van der Waals surface area contributed by atoms with Crippen molar-refractivity contribution in [1.29, 1.82) is 0 Å². The maximum absolute atomic E-state index is 12.5. The molecule has 1 aliphatic heterocycles. The van der Waals surface area contributed by atoms with Crippen LogP contribution in [0.4, 0.5) is 11.4 Å². The number of benzene rings is 1. The minimum absolute atomic E-state index is 0.0776. The number of hydrogen-bond acceptors (Lipinski definition) is 4. The monoisotopic (exact) mass is 399 g/mol. The topological polar surface area (TPSA) is 44.4 Å². The minimum Gasteiger partial charge on any atom is -0.372 e. The third kappa shape index (κ3) is 5.28. The van der Waals surface area contributed by atoms with Crippen LogP contribution in [-0.4, -0.2) is 31.6 Å². The van der Waals surface area contributed by atoms with E-state index in [9.17, 15) is 4.79 Å². The van der Waals surface area contributed by atoms with Crippen LogP contribution < -0.4 is 15.5 Å². The number of carbonyl (C=O) groups excluding carboxylic acids is 1. The lowest BCUT2D eigenvalue weighted by molar-refractivity contribution is -0.122. The summed E-state index contributed by atoms with van der Waals surface area (Å²) < 4.78 is 0. The second-order valence-corrected chi connectivity index (χ2v) is 8.76. The molecule has 1 aromatic heterocycles. The summed E-state index contributed by atoms with van der Waals surface area (Å²) >= 11 is 1.67. The molecule has 1 amide bonds. The molecule has 1 saturated heterocycles. The van der Waals surface area contributed by atoms with Crippen LogP contribution in [0.3, 0.4) is 0 Å². The number of thiophene rings is 1. The molecule has 3 rings (SSSR count). The summed E-state index contributed by atoms with van der Waals surface area (Å²) in [5.41, 5.74) is 4.73. The van der Waals surface area contributed by atoms with E-state index in [1.807, 2.05) is 6.92 Å². The molecule has 0 bridgehead atoms. The SMILES string of the molecule is CCNC(=O)[C@H](CC(C)C)Nc1cscc1-c1ccc(N2CCCCC2)cc1. The Labute approximate surface area is 173 Å². The van der Waals surface area contributed by atoms with Crippen molar-refractivity contribution < 1.29 is 4.79 Å². The van der Waals surface area contributed by atoms with E-state index in [-0.39, 0.29) is 11.9 Å². The fourth-order valence-electron chi connectivity index (χ4n) is 3.82. The van der Waals surface area contributed by atoms with Crippen molar-refractivity contribution in [2.45, 2.75) is 52.5 Å². The third-order valence-corrected chi connectivity index (χ3v) is 6.01. The zero-order chi connectivity index (χ0) is 19.9. The molecule has 1 atom stereocenters. The molecule has 2 heterocycles. The molecule has 0 unspecified atom stereocenters. The van der Waals surface area contributed by atoms with Gasteiger partial charge in [0.15, 0.2) is 0 Å². The van der Waals surface area contributed by atoms with Gasteiger partial charge in [0.25, 0.3) is 0 Å². The standard InChI is InChI=1S/C23H33N3OS/c1-4-24-23(27)21(14-17(2)3)25-22-16-28-15-20(22)18-8-10-19(11-9-18)26-12-6-5-7-13-26/h8-11,15-17,21,25H,4-7,12-14H2,1-3H3,(H,24,27)/t21-/m0/s1. The summed E-state index contributed by atoms with van der Waals surface area (Å²) in [7, 11) is 0. The molecule has 0 radical (unpaired) electrons. The number of hydrogen-bond donors (Lipinski definition) is 2. The average Bonchev–Trinajstić information content (AvgIpc) is 3.16. The maximum Gasteiger partial charge on any atom is 0.242 e. The number of likely N-dealkylation sites (N-methyl/N-ethyl adjacent to an activating group) is 1. The van der Waals surface area contributed by atoms with Gasteiger partial charge < -0.3 is 15.5 Å². The first-order chi connectivity index (χ1) is 13.6. The quantitative estimate of drug-likeness (QED) is 0.627. The van der Waals surface area contributed by atoms with E-state index in [1.54, 1.807) is 11.3 Å². The predicted molar refractivity (Wildman–Crippen MR) is 121 cm³/mol. The van der Waals surface area contributed by atoms with Gasteiger partial charge in [-0.05, 0) is 56.2 Å². The molecule has 0 spiro atoms. The van der Waals surface area contributed by atoms with E-state index in [0.717, 1.165) is 25.2 Å².